The first-order valence-corrected chi connectivity index (χ1v) is 6.22. The van der Waals surface area contributed by atoms with E-state index in [2.05, 4.69) is 27.4 Å². The Morgan fingerprint density at radius 2 is 2.29 bits per heavy atom. The molecule has 2 rings (SSSR count). The largest absolute Gasteiger partial charge is 0.335 e. The van der Waals surface area contributed by atoms with E-state index >= 15 is 0 Å². The van der Waals surface area contributed by atoms with Gasteiger partial charge in [-0.05, 0) is 19.4 Å². The minimum atomic E-state index is -0.0627. The first-order valence-electron chi connectivity index (χ1n) is 6.22. The van der Waals surface area contributed by atoms with Crippen LogP contribution in [-0.4, -0.2) is 52.2 Å². The van der Waals surface area contributed by atoms with Crippen molar-refractivity contribution in [2.75, 3.05) is 26.2 Å². The SMILES string of the molecule is CCCc1nc(C(=O)N2CCCNCC2)n[nH]1. The second-order valence-electron chi connectivity index (χ2n) is 4.25. The summed E-state index contributed by atoms with van der Waals surface area (Å²) < 4.78 is 0. The Morgan fingerprint density at radius 3 is 3.12 bits per heavy atom. The van der Waals surface area contributed by atoms with Gasteiger partial charge in [0.05, 0.1) is 0 Å². The predicted molar refractivity (Wildman–Crippen MR) is 63.8 cm³/mol. The average Bonchev–Trinajstić information content (AvgIpc) is 2.64. The molecule has 0 atom stereocenters. The Kier molecular flexibility index (Phi) is 4.08. The molecule has 0 saturated carbocycles. The van der Waals surface area contributed by atoms with Crippen molar-refractivity contribution >= 4 is 5.91 Å². The molecule has 6 heteroatoms. The van der Waals surface area contributed by atoms with Crippen LogP contribution in [0.4, 0.5) is 0 Å². The van der Waals surface area contributed by atoms with E-state index in [9.17, 15) is 4.79 Å². The molecule has 1 aromatic rings. The molecule has 0 aliphatic carbocycles. The highest BCUT2D eigenvalue weighted by Gasteiger charge is 2.20. The third kappa shape index (κ3) is 3.03. The van der Waals surface area contributed by atoms with Crippen molar-refractivity contribution in [1.82, 2.24) is 25.4 Å². The second-order valence-corrected chi connectivity index (χ2v) is 4.25. The smallest absolute Gasteiger partial charge is 0.293 e. The number of amides is 1. The summed E-state index contributed by atoms with van der Waals surface area (Å²) in [5, 5.41) is 10.1. The number of rotatable bonds is 3. The number of H-pyrrole nitrogens is 1. The first-order chi connectivity index (χ1) is 8.31. The van der Waals surface area contributed by atoms with Crippen molar-refractivity contribution in [1.29, 1.82) is 0 Å². The molecule has 1 aliphatic heterocycles. The maximum atomic E-state index is 12.1. The fourth-order valence-corrected chi connectivity index (χ4v) is 1.93. The number of hydrogen-bond donors (Lipinski definition) is 2. The van der Waals surface area contributed by atoms with E-state index in [1.54, 1.807) is 0 Å². The van der Waals surface area contributed by atoms with Gasteiger partial charge in [0.15, 0.2) is 0 Å². The van der Waals surface area contributed by atoms with Crippen LogP contribution < -0.4 is 5.32 Å². The fourth-order valence-electron chi connectivity index (χ4n) is 1.93. The maximum absolute atomic E-state index is 12.1. The van der Waals surface area contributed by atoms with Crippen molar-refractivity contribution in [2.45, 2.75) is 26.2 Å². The topological polar surface area (TPSA) is 73.9 Å². The van der Waals surface area contributed by atoms with Crippen molar-refractivity contribution in [3.05, 3.63) is 11.6 Å². The Bertz CT molecular complexity index is 368. The standard InChI is InChI=1S/C11H19N5O/c1-2-4-9-13-10(15-14-9)11(17)16-7-3-5-12-6-8-16/h12H,2-8H2,1H3,(H,13,14,15). The normalized spacial score (nSPS) is 16.9. The molecule has 2 heterocycles. The molecule has 1 aliphatic rings. The molecule has 0 spiro atoms. The molecule has 0 unspecified atom stereocenters. The van der Waals surface area contributed by atoms with Crippen LogP contribution in [0.1, 0.15) is 36.2 Å². The highest BCUT2D eigenvalue weighted by atomic mass is 16.2. The van der Waals surface area contributed by atoms with E-state index in [-0.39, 0.29) is 5.91 Å². The average molecular weight is 237 g/mol. The van der Waals surface area contributed by atoms with Crippen molar-refractivity contribution in [3.63, 3.8) is 0 Å². The molecule has 1 fully saturated rings. The molecule has 2 N–H and O–H groups in total. The number of hydrogen-bond acceptors (Lipinski definition) is 4. The second kappa shape index (κ2) is 5.77. The van der Waals surface area contributed by atoms with Crippen LogP contribution in [0, 0.1) is 0 Å². The quantitative estimate of drug-likeness (QED) is 0.787. The molecule has 17 heavy (non-hydrogen) atoms. The summed E-state index contributed by atoms with van der Waals surface area (Å²) in [7, 11) is 0. The van der Waals surface area contributed by atoms with Gasteiger partial charge in [-0.25, -0.2) is 4.98 Å². The molecule has 1 amide bonds. The summed E-state index contributed by atoms with van der Waals surface area (Å²) in [4.78, 5) is 18.2. The van der Waals surface area contributed by atoms with Gasteiger partial charge >= 0.3 is 0 Å². The van der Waals surface area contributed by atoms with Gasteiger partial charge < -0.3 is 10.2 Å². The van der Waals surface area contributed by atoms with Crippen LogP contribution in [0.5, 0.6) is 0 Å². The summed E-state index contributed by atoms with van der Waals surface area (Å²) >= 11 is 0. The third-order valence-electron chi connectivity index (χ3n) is 2.84. The summed E-state index contributed by atoms with van der Waals surface area (Å²) in [6, 6.07) is 0. The number of aryl methyl sites for hydroxylation is 1. The zero-order valence-corrected chi connectivity index (χ0v) is 10.2. The predicted octanol–water partition coefficient (Wildman–Crippen LogP) is 0.193. The molecule has 1 aromatic heterocycles. The van der Waals surface area contributed by atoms with Gasteiger partial charge in [0.2, 0.25) is 5.82 Å². The molecule has 94 valence electrons. The van der Waals surface area contributed by atoms with Gasteiger partial charge in [-0.2, -0.15) is 0 Å². The number of aromatic amines is 1. The zero-order valence-electron chi connectivity index (χ0n) is 10.2. The van der Waals surface area contributed by atoms with E-state index in [4.69, 9.17) is 0 Å². The monoisotopic (exact) mass is 237 g/mol. The van der Waals surface area contributed by atoms with Gasteiger partial charge in [0, 0.05) is 26.1 Å². The number of carbonyl (C=O) groups excluding carboxylic acids is 1. The molecule has 6 nitrogen and oxygen atoms in total. The van der Waals surface area contributed by atoms with E-state index < -0.39 is 0 Å². The molecule has 0 bridgehead atoms. The van der Waals surface area contributed by atoms with Crippen LogP contribution in [0.3, 0.4) is 0 Å². The highest BCUT2D eigenvalue weighted by Crippen LogP contribution is 2.03. The zero-order chi connectivity index (χ0) is 12.1. The third-order valence-corrected chi connectivity index (χ3v) is 2.84. The van der Waals surface area contributed by atoms with Crippen LogP contribution in [0.15, 0.2) is 0 Å². The van der Waals surface area contributed by atoms with Crippen LogP contribution in [0.2, 0.25) is 0 Å². The number of nitrogens with zero attached hydrogens (tertiary/aromatic N) is 3. The van der Waals surface area contributed by atoms with Crippen molar-refractivity contribution < 1.29 is 4.79 Å². The van der Waals surface area contributed by atoms with Gasteiger partial charge in [-0.1, -0.05) is 6.92 Å². The van der Waals surface area contributed by atoms with E-state index in [1.165, 1.54) is 0 Å². The number of nitrogens with one attached hydrogen (secondary N) is 2. The van der Waals surface area contributed by atoms with E-state index in [0.717, 1.165) is 51.3 Å². The van der Waals surface area contributed by atoms with Gasteiger partial charge in [0.25, 0.3) is 5.91 Å². The minimum Gasteiger partial charge on any atom is -0.335 e. The summed E-state index contributed by atoms with van der Waals surface area (Å²) in [5.41, 5.74) is 0. The number of aromatic nitrogens is 3. The van der Waals surface area contributed by atoms with Crippen LogP contribution in [-0.2, 0) is 6.42 Å². The Balaban J connectivity index is 2.01. The Hall–Kier alpha value is -1.43. The Morgan fingerprint density at radius 1 is 1.41 bits per heavy atom. The maximum Gasteiger partial charge on any atom is 0.293 e. The highest BCUT2D eigenvalue weighted by molar-refractivity contribution is 5.90. The lowest BCUT2D eigenvalue weighted by molar-refractivity contribution is 0.0754. The molecule has 1 saturated heterocycles. The molecular weight excluding hydrogens is 218 g/mol. The van der Waals surface area contributed by atoms with Crippen LogP contribution >= 0.6 is 0 Å². The van der Waals surface area contributed by atoms with E-state index in [0.29, 0.717) is 5.82 Å². The lowest BCUT2D eigenvalue weighted by Gasteiger charge is -2.17. The van der Waals surface area contributed by atoms with Gasteiger partial charge in [-0.3, -0.25) is 9.89 Å². The van der Waals surface area contributed by atoms with Gasteiger partial charge in [-0.15, -0.1) is 5.10 Å². The molecule has 0 radical (unpaired) electrons. The van der Waals surface area contributed by atoms with Crippen LogP contribution in [0.25, 0.3) is 0 Å². The van der Waals surface area contributed by atoms with Crippen molar-refractivity contribution in [2.24, 2.45) is 0 Å². The lowest BCUT2D eigenvalue weighted by Crippen LogP contribution is -2.34. The summed E-state index contributed by atoms with van der Waals surface area (Å²) in [6.07, 6.45) is 2.82. The Labute approximate surface area is 101 Å². The summed E-state index contributed by atoms with van der Waals surface area (Å²) in [6.45, 7) is 5.40. The minimum absolute atomic E-state index is 0.0627. The van der Waals surface area contributed by atoms with Crippen molar-refractivity contribution in [3.8, 4) is 0 Å². The fraction of sp³-hybridized carbons (Fsp3) is 0.727. The summed E-state index contributed by atoms with van der Waals surface area (Å²) in [5.74, 6) is 1.03. The lowest BCUT2D eigenvalue weighted by atomic mass is 10.3. The first kappa shape index (κ1) is 12.0. The molecule has 0 aromatic carbocycles. The molecular formula is C11H19N5O. The van der Waals surface area contributed by atoms with Gasteiger partial charge in [0.1, 0.15) is 5.82 Å². The van der Waals surface area contributed by atoms with E-state index in [1.807, 2.05) is 4.90 Å². The number of carbonyl (C=O) groups is 1.